The molecule has 0 radical (unpaired) electrons. The Bertz CT molecular complexity index is 1960. The highest BCUT2D eigenvalue weighted by Crippen LogP contribution is 2.27. The van der Waals surface area contributed by atoms with Crippen LogP contribution in [0.15, 0.2) is 71.8 Å². The number of carbonyl (C=O) groups is 1. The second kappa shape index (κ2) is 11.5. The zero-order chi connectivity index (χ0) is 30.0. The minimum Gasteiger partial charge on any atom is -0.382 e. The van der Waals surface area contributed by atoms with Gasteiger partial charge in [-0.2, -0.15) is 5.26 Å². The fourth-order valence-corrected chi connectivity index (χ4v) is 4.48. The number of nitriles is 1. The van der Waals surface area contributed by atoms with Crippen LogP contribution >= 0.6 is 11.6 Å². The lowest BCUT2D eigenvalue weighted by Crippen LogP contribution is -2.28. The number of amides is 2. The van der Waals surface area contributed by atoms with Gasteiger partial charge in [0, 0.05) is 11.8 Å². The predicted molar refractivity (Wildman–Crippen MR) is 155 cm³/mol. The second-order valence-corrected chi connectivity index (χ2v) is 9.37. The summed E-state index contributed by atoms with van der Waals surface area (Å²) in [7, 11) is 0. The Hall–Kier alpha value is -5.61. The standard InChI is InChI=1S/C28H20ClF2N9O2/c1-14(36-25-18(12-32)24(33)34-13-35-25)26-38-22-7-3-6-19(29)23(22)27(41)40(26)17-5-2-4-16(11-17)37-28(42)39-21-9-8-15(30)10-20(21)31/h2-11,13-14H,1H3,(H2,37,39,42)(H3,33,34,35,36)/t14-/m0/s1. The third-order valence-electron chi connectivity index (χ3n) is 6.14. The second-order valence-electron chi connectivity index (χ2n) is 8.96. The van der Waals surface area contributed by atoms with E-state index in [1.165, 1.54) is 17.0 Å². The van der Waals surface area contributed by atoms with Crippen molar-refractivity contribution in [2.75, 3.05) is 21.7 Å². The van der Waals surface area contributed by atoms with Gasteiger partial charge in [-0.05, 0) is 49.4 Å². The molecule has 11 nitrogen and oxygen atoms in total. The number of hydrogen-bond donors (Lipinski definition) is 4. The summed E-state index contributed by atoms with van der Waals surface area (Å²) in [4.78, 5) is 39.1. The minimum absolute atomic E-state index is 0.0181. The number of benzene rings is 3. The van der Waals surface area contributed by atoms with E-state index >= 15 is 0 Å². The summed E-state index contributed by atoms with van der Waals surface area (Å²) in [6.07, 6.45) is 1.20. The lowest BCUT2D eigenvalue weighted by molar-refractivity contribution is 0.262. The fourth-order valence-electron chi connectivity index (χ4n) is 4.23. The van der Waals surface area contributed by atoms with E-state index in [9.17, 15) is 23.6 Å². The summed E-state index contributed by atoms with van der Waals surface area (Å²) in [6, 6.07) is 14.3. The number of nitrogen functional groups attached to an aromatic ring is 1. The largest absolute Gasteiger partial charge is 0.382 e. The molecule has 2 heterocycles. The molecular weight excluding hydrogens is 568 g/mol. The van der Waals surface area contributed by atoms with Crippen molar-refractivity contribution in [3.05, 3.63) is 105 Å². The van der Waals surface area contributed by atoms with Gasteiger partial charge in [0.1, 0.15) is 47.1 Å². The zero-order valence-electron chi connectivity index (χ0n) is 21.7. The predicted octanol–water partition coefficient (Wildman–Crippen LogP) is 5.38. The van der Waals surface area contributed by atoms with E-state index in [0.29, 0.717) is 17.3 Å². The van der Waals surface area contributed by atoms with E-state index in [-0.39, 0.29) is 44.8 Å². The Morgan fingerprint density at radius 3 is 2.64 bits per heavy atom. The first-order valence-electron chi connectivity index (χ1n) is 12.3. The summed E-state index contributed by atoms with van der Waals surface area (Å²) in [6.45, 7) is 1.71. The quantitative estimate of drug-likeness (QED) is 0.206. The fraction of sp³-hybridized carbons (Fsp3) is 0.0714. The Morgan fingerprint density at radius 2 is 1.88 bits per heavy atom. The van der Waals surface area contributed by atoms with E-state index in [1.807, 2.05) is 6.07 Å². The summed E-state index contributed by atoms with van der Waals surface area (Å²) in [5.41, 5.74) is 6.03. The summed E-state index contributed by atoms with van der Waals surface area (Å²) in [5, 5.41) is 17.8. The number of carbonyl (C=O) groups excluding carboxylic acids is 1. The molecule has 0 aliphatic rings. The van der Waals surface area contributed by atoms with Crippen LogP contribution in [0.25, 0.3) is 16.6 Å². The maximum Gasteiger partial charge on any atom is 0.323 e. The van der Waals surface area contributed by atoms with Gasteiger partial charge in [0.05, 0.1) is 33.3 Å². The van der Waals surface area contributed by atoms with E-state index in [1.54, 1.807) is 43.3 Å². The maximum absolute atomic E-state index is 14.0. The van der Waals surface area contributed by atoms with Gasteiger partial charge in [-0.25, -0.2) is 28.5 Å². The van der Waals surface area contributed by atoms with Gasteiger partial charge in [0.25, 0.3) is 5.56 Å². The number of nitrogens with zero attached hydrogens (tertiary/aromatic N) is 5. The molecule has 0 fully saturated rings. The Kier molecular flexibility index (Phi) is 7.63. The highest BCUT2D eigenvalue weighted by atomic mass is 35.5. The van der Waals surface area contributed by atoms with Crippen LogP contribution < -0.4 is 27.2 Å². The third kappa shape index (κ3) is 5.51. The van der Waals surface area contributed by atoms with Gasteiger partial charge in [-0.15, -0.1) is 0 Å². The van der Waals surface area contributed by atoms with Crippen molar-refractivity contribution in [3.8, 4) is 11.8 Å². The number of halogens is 3. The Morgan fingerprint density at radius 1 is 1.10 bits per heavy atom. The molecule has 5 N–H and O–H groups in total. The van der Waals surface area contributed by atoms with Crippen molar-refractivity contribution < 1.29 is 13.6 Å². The maximum atomic E-state index is 14.0. The molecule has 0 saturated heterocycles. The van der Waals surface area contributed by atoms with Crippen molar-refractivity contribution in [2.45, 2.75) is 13.0 Å². The minimum atomic E-state index is -0.944. The van der Waals surface area contributed by atoms with Crippen LogP contribution in [-0.4, -0.2) is 25.6 Å². The van der Waals surface area contributed by atoms with Gasteiger partial charge >= 0.3 is 6.03 Å². The molecule has 0 saturated carbocycles. The number of anilines is 4. The van der Waals surface area contributed by atoms with Crippen molar-refractivity contribution in [1.82, 2.24) is 19.5 Å². The molecule has 0 aliphatic carbocycles. The van der Waals surface area contributed by atoms with Crippen LogP contribution in [0.2, 0.25) is 5.02 Å². The molecule has 42 heavy (non-hydrogen) atoms. The monoisotopic (exact) mass is 587 g/mol. The molecular formula is C28H20ClF2N9O2. The lowest BCUT2D eigenvalue weighted by atomic mass is 10.2. The first kappa shape index (κ1) is 27.9. The first-order valence-corrected chi connectivity index (χ1v) is 12.7. The number of rotatable bonds is 6. The Labute approximate surface area is 241 Å². The third-order valence-corrected chi connectivity index (χ3v) is 6.46. The smallest absolute Gasteiger partial charge is 0.323 e. The van der Waals surface area contributed by atoms with Crippen molar-refractivity contribution in [2.24, 2.45) is 0 Å². The molecule has 3 aromatic carbocycles. The molecule has 1 atom stereocenters. The highest BCUT2D eigenvalue weighted by molar-refractivity contribution is 6.35. The number of urea groups is 1. The molecule has 0 spiro atoms. The molecule has 2 aromatic heterocycles. The average Bonchev–Trinajstić information content (AvgIpc) is 2.94. The number of nitrogens with two attached hydrogens (primary N) is 1. The van der Waals surface area contributed by atoms with E-state index in [0.717, 1.165) is 12.1 Å². The lowest BCUT2D eigenvalue weighted by Gasteiger charge is -2.21. The van der Waals surface area contributed by atoms with Gasteiger partial charge in [0.15, 0.2) is 0 Å². The zero-order valence-corrected chi connectivity index (χ0v) is 22.4. The SMILES string of the molecule is C[C@H](Nc1ncnc(N)c1C#N)c1nc2cccc(Cl)c2c(=O)n1-c1cccc(NC(=O)Nc2ccc(F)cc2F)c1. The van der Waals surface area contributed by atoms with Crippen LogP contribution in [-0.2, 0) is 0 Å². The van der Waals surface area contributed by atoms with Gasteiger partial charge < -0.3 is 21.7 Å². The number of fused-ring (bicyclic) bond motifs is 1. The molecule has 5 aromatic rings. The number of nitrogens with one attached hydrogen (secondary N) is 3. The van der Waals surface area contributed by atoms with Gasteiger partial charge in [0.2, 0.25) is 0 Å². The molecule has 210 valence electrons. The van der Waals surface area contributed by atoms with E-state index in [4.69, 9.17) is 22.3 Å². The molecule has 0 aliphatic heterocycles. The highest BCUT2D eigenvalue weighted by Gasteiger charge is 2.22. The summed E-state index contributed by atoms with van der Waals surface area (Å²) < 4.78 is 28.5. The normalized spacial score (nSPS) is 11.5. The van der Waals surface area contributed by atoms with Crippen LogP contribution in [0.3, 0.4) is 0 Å². The van der Waals surface area contributed by atoms with Crippen molar-refractivity contribution >= 4 is 51.5 Å². The Balaban J connectivity index is 1.56. The van der Waals surface area contributed by atoms with Crippen LogP contribution in [0, 0.1) is 23.0 Å². The molecule has 0 bridgehead atoms. The van der Waals surface area contributed by atoms with Gasteiger partial charge in [-0.3, -0.25) is 9.36 Å². The first-order chi connectivity index (χ1) is 20.2. The molecule has 0 unspecified atom stereocenters. The number of hydrogen-bond acceptors (Lipinski definition) is 8. The average molecular weight is 588 g/mol. The van der Waals surface area contributed by atoms with Crippen LogP contribution in [0.1, 0.15) is 24.4 Å². The van der Waals surface area contributed by atoms with Crippen molar-refractivity contribution in [3.63, 3.8) is 0 Å². The molecule has 5 rings (SSSR count). The van der Waals surface area contributed by atoms with Gasteiger partial charge in [-0.1, -0.05) is 23.7 Å². The number of aromatic nitrogens is 4. The van der Waals surface area contributed by atoms with Crippen LogP contribution in [0.5, 0.6) is 0 Å². The molecule has 14 heteroatoms. The van der Waals surface area contributed by atoms with E-state index in [2.05, 4.69) is 25.9 Å². The summed E-state index contributed by atoms with van der Waals surface area (Å²) >= 11 is 6.38. The topological polar surface area (TPSA) is 164 Å². The molecule has 2 amide bonds. The summed E-state index contributed by atoms with van der Waals surface area (Å²) in [5.74, 6) is -1.38. The van der Waals surface area contributed by atoms with Crippen LogP contribution in [0.4, 0.5) is 36.6 Å². The van der Waals surface area contributed by atoms with E-state index < -0.39 is 29.3 Å². The van der Waals surface area contributed by atoms with Crippen molar-refractivity contribution in [1.29, 1.82) is 5.26 Å².